The summed E-state index contributed by atoms with van der Waals surface area (Å²) in [5.41, 5.74) is 2.17. The maximum absolute atomic E-state index is 12.8. The van der Waals surface area contributed by atoms with Crippen molar-refractivity contribution in [3.8, 4) is 0 Å². The Morgan fingerprint density at radius 3 is 2.67 bits per heavy atom. The van der Waals surface area contributed by atoms with Gasteiger partial charge in [-0.3, -0.25) is 9.59 Å². The Bertz CT molecular complexity index is 744. The van der Waals surface area contributed by atoms with Crippen molar-refractivity contribution in [3.05, 3.63) is 58.4 Å². The first-order valence-electron chi connectivity index (χ1n) is 6.22. The minimum Gasteiger partial charge on any atom is -0.325 e. The first-order chi connectivity index (χ1) is 10.0. The molecule has 0 saturated heterocycles. The zero-order valence-electron chi connectivity index (χ0n) is 10.7. The molecular formula is C15H10ClFN2O2. The number of rotatable bonds is 2. The van der Waals surface area contributed by atoms with Crippen LogP contribution in [0, 0.1) is 5.82 Å². The van der Waals surface area contributed by atoms with E-state index >= 15 is 0 Å². The number of benzene rings is 2. The van der Waals surface area contributed by atoms with Crippen molar-refractivity contribution >= 4 is 34.8 Å². The lowest BCUT2D eigenvalue weighted by atomic mass is 10.1. The van der Waals surface area contributed by atoms with Gasteiger partial charge in [0.05, 0.1) is 17.1 Å². The highest BCUT2D eigenvalue weighted by molar-refractivity contribution is 6.34. The fourth-order valence-electron chi connectivity index (χ4n) is 2.14. The van der Waals surface area contributed by atoms with Crippen LogP contribution in [0.2, 0.25) is 5.02 Å². The molecule has 2 N–H and O–H groups in total. The van der Waals surface area contributed by atoms with E-state index < -0.39 is 11.7 Å². The zero-order chi connectivity index (χ0) is 15.0. The number of nitrogens with one attached hydrogen (secondary N) is 2. The molecule has 1 aliphatic rings. The van der Waals surface area contributed by atoms with Crippen LogP contribution in [0.5, 0.6) is 0 Å². The molecule has 0 aliphatic carbocycles. The molecule has 0 radical (unpaired) electrons. The number of halogens is 2. The van der Waals surface area contributed by atoms with Crippen molar-refractivity contribution < 1.29 is 14.0 Å². The molecule has 0 fully saturated rings. The van der Waals surface area contributed by atoms with E-state index in [1.807, 2.05) is 0 Å². The fraction of sp³-hybridized carbons (Fsp3) is 0.0667. The van der Waals surface area contributed by atoms with Crippen LogP contribution >= 0.6 is 11.6 Å². The number of hydrogen-bond donors (Lipinski definition) is 2. The Morgan fingerprint density at radius 2 is 1.95 bits per heavy atom. The summed E-state index contributed by atoms with van der Waals surface area (Å²) in [6, 6.07) is 8.46. The van der Waals surface area contributed by atoms with E-state index in [2.05, 4.69) is 10.6 Å². The highest BCUT2D eigenvalue weighted by Gasteiger charge is 2.20. The zero-order valence-corrected chi connectivity index (χ0v) is 11.5. The summed E-state index contributed by atoms with van der Waals surface area (Å²) in [5.74, 6) is -0.913. The monoisotopic (exact) mass is 304 g/mol. The molecule has 3 rings (SSSR count). The standard InChI is InChI=1S/C15H10ClFN2O2/c16-11-7-12-9(6-14(20)18-12)5-13(11)19-15(21)8-1-3-10(17)4-2-8/h1-5,7H,6H2,(H,18,20)(H,19,21). The Labute approximate surface area is 124 Å². The van der Waals surface area contributed by atoms with E-state index in [-0.39, 0.29) is 12.3 Å². The smallest absolute Gasteiger partial charge is 0.255 e. The van der Waals surface area contributed by atoms with Gasteiger partial charge in [0.15, 0.2) is 0 Å². The van der Waals surface area contributed by atoms with Crippen LogP contribution in [0.1, 0.15) is 15.9 Å². The van der Waals surface area contributed by atoms with Crippen LogP contribution in [-0.4, -0.2) is 11.8 Å². The van der Waals surface area contributed by atoms with E-state index in [4.69, 9.17) is 11.6 Å². The molecular weight excluding hydrogens is 295 g/mol. The van der Waals surface area contributed by atoms with Crippen LogP contribution in [0.4, 0.5) is 15.8 Å². The van der Waals surface area contributed by atoms with E-state index in [9.17, 15) is 14.0 Å². The highest BCUT2D eigenvalue weighted by atomic mass is 35.5. The van der Waals surface area contributed by atoms with Gasteiger partial charge in [-0.15, -0.1) is 0 Å². The molecule has 2 amide bonds. The molecule has 1 aliphatic heterocycles. The number of fused-ring (bicyclic) bond motifs is 1. The van der Waals surface area contributed by atoms with Crippen LogP contribution in [0.25, 0.3) is 0 Å². The van der Waals surface area contributed by atoms with Gasteiger partial charge in [-0.05, 0) is 42.0 Å². The van der Waals surface area contributed by atoms with Crippen LogP contribution in [-0.2, 0) is 11.2 Å². The third-order valence-electron chi connectivity index (χ3n) is 3.17. The Hall–Kier alpha value is -2.40. The van der Waals surface area contributed by atoms with Crippen LogP contribution < -0.4 is 10.6 Å². The SMILES string of the molecule is O=C1Cc2cc(NC(=O)c3ccc(F)cc3)c(Cl)cc2N1. The summed E-state index contributed by atoms with van der Waals surface area (Å²) in [6.07, 6.45) is 0.256. The van der Waals surface area contributed by atoms with Crippen molar-refractivity contribution in [1.29, 1.82) is 0 Å². The van der Waals surface area contributed by atoms with Gasteiger partial charge < -0.3 is 10.6 Å². The molecule has 0 bridgehead atoms. The molecule has 21 heavy (non-hydrogen) atoms. The minimum absolute atomic E-state index is 0.108. The van der Waals surface area contributed by atoms with Crippen LogP contribution in [0.3, 0.4) is 0 Å². The second-order valence-electron chi connectivity index (χ2n) is 4.68. The van der Waals surface area contributed by atoms with Crippen molar-refractivity contribution in [1.82, 2.24) is 0 Å². The number of carbonyl (C=O) groups is 2. The van der Waals surface area contributed by atoms with Crippen molar-refractivity contribution in [3.63, 3.8) is 0 Å². The number of anilines is 2. The van der Waals surface area contributed by atoms with Crippen LogP contribution in [0.15, 0.2) is 36.4 Å². The summed E-state index contributed by atoms with van der Waals surface area (Å²) in [6.45, 7) is 0. The molecule has 0 unspecified atom stereocenters. The number of hydrogen-bond acceptors (Lipinski definition) is 2. The first-order valence-corrected chi connectivity index (χ1v) is 6.60. The maximum atomic E-state index is 12.8. The summed E-state index contributed by atoms with van der Waals surface area (Å²) in [4.78, 5) is 23.4. The summed E-state index contributed by atoms with van der Waals surface area (Å²) >= 11 is 6.09. The number of amides is 2. The molecule has 2 aromatic rings. The Morgan fingerprint density at radius 1 is 1.24 bits per heavy atom. The third kappa shape index (κ3) is 2.73. The molecule has 0 atom stereocenters. The molecule has 4 nitrogen and oxygen atoms in total. The third-order valence-corrected chi connectivity index (χ3v) is 3.49. The summed E-state index contributed by atoms with van der Waals surface area (Å²) in [5, 5.41) is 5.66. The molecule has 0 aromatic heterocycles. The van der Waals surface area contributed by atoms with Crippen molar-refractivity contribution in [2.45, 2.75) is 6.42 Å². The van der Waals surface area contributed by atoms with Gasteiger partial charge in [0.25, 0.3) is 5.91 Å². The lowest BCUT2D eigenvalue weighted by molar-refractivity contribution is -0.115. The quantitative estimate of drug-likeness (QED) is 0.895. The fourth-order valence-corrected chi connectivity index (χ4v) is 2.35. The molecule has 0 saturated carbocycles. The van der Waals surface area contributed by atoms with Gasteiger partial charge in [0.2, 0.25) is 5.91 Å². The number of carbonyl (C=O) groups excluding carboxylic acids is 2. The second kappa shape index (κ2) is 5.18. The molecule has 0 spiro atoms. The second-order valence-corrected chi connectivity index (χ2v) is 5.08. The molecule has 2 aromatic carbocycles. The van der Waals surface area contributed by atoms with Gasteiger partial charge in [0, 0.05) is 11.3 Å². The average Bonchev–Trinajstić information content (AvgIpc) is 2.79. The summed E-state index contributed by atoms with van der Waals surface area (Å²) < 4.78 is 12.8. The molecule has 1 heterocycles. The van der Waals surface area contributed by atoms with E-state index in [0.717, 1.165) is 5.56 Å². The topological polar surface area (TPSA) is 58.2 Å². The first kappa shape index (κ1) is 13.6. The summed E-state index contributed by atoms with van der Waals surface area (Å²) in [7, 11) is 0. The maximum Gasteiger partial charge on any atom is 0.255 e. The minimum atomic E-state index is -0.410. The van der Waals surface area contributed by atoms with Crippen molar-refractivity contribution in [2.24, 2.45) is 0 Å². The predicted molar refractivity (Wildman–Crippen MR) is 78.1 cm³/mol. The Balaban J connectivity index is 1.85. The van der Waals surface area contributed by atoms with Gasteiger partial charge in [-0.25, -0.2) is 4.39 Å². The molecule has 106 valence electrons. The Kier molecular flexibility index (Phi) is 3.35. The van der Waals surface area contributed by atoms with Gasteiger partial charge in [0.1, 0.15) is 5.82 Å². The predicted octanol–water partition coefficient (Wildman–Crippen LogP) is 3.23. The molecule has 6 heteroatoms. The lowest BCUT2D eigenvalue weighted by Crippen LogP contribution is -2.12. The highest BCUT2D eigenvalue weighted by Crippen LogP contribution is 2.33. The van der Waals surface area contributed by atoms with E-state index in [0.29, 0.717) is 22.0 Å². The lowest BCUT2D eigenvalue weighted by Gasteiger charge is -2.09. The largest absolute Gasteiger partial charge is 0.325 e. The average molecular weight is 305 g/mol. The van der Waals surface area contributed by atoms with Gasteiger partial charge in [-0.1, -0.05) is 11.6 Å². The normalized spacial score (nSPS) is 12.8. The van der Waals surface area contributed by atoms with Crippen molar-refractivity contribution in [2.75, 3.05) is 10.6 Å². The van der Waals surface area contributed by atoms with E-state index in [1.54, 1.807) is 12.1 Å². The van der Waals surface area contributed by atoms with Gasteiger partial charge in [-0.2, -0.15) is 0 Å². The van der Waals surface area contributed by atoms with E-state index in [1.165, 1.54) is 24.3 Å². The van der Waals surface area contributed by atoms with Gasteiger partial charge >= 0.3 is 0 Å².